The fourth-order valence-corrected chi connectivity index (χ4v) is 3.40. The summed E-state index contributed by atoms with van der Waals surface area (Å²) >= 11 is 0. The molecule has 0 radical (unpaired) electrons. The van der Waals surface area contributed by atoms with E-state index in [2.05, 4.69) is 15.2 Å². The number of nitrogens with one attached hydrogen (secondary N) is 1. The molecule has 1 saturated heterocycles. The Hall–Kier alpha value is -3.22. The minimum atomic E-state index is -0.591. The number of hydrogen-bond donors (Lipinski definition) is 1. The number of carbonyl (C=O) groups is 2. The van der Waals surface area contributed by atoms with Gasteiger partial charge in [-0.3, -0.25) is 14.6 Å². The van der Waals surface area contributed by atoms with E-state index in [1.54, 1.807) is 17.2 Å². The predicted octanol–water partition coefficient (Wildman–Crippen LogP) is 2.54. The molecule has 1 atom stereocenters. The van der Waals surface area contributed by atoms with Gasteiger partial charge in [-0.25, -0.2) is 4.39 Å². The van der Waals surface area contributed by atoms with Gasteiger partial charge in [0.25, 0.3) is 0 Å². The third kappa shape index (κ3) is 3.53. The second-order valence-electron chi connectivity index (χ2n) is 6.62. The van der Waals surface area contributed by atoms with Crippen LogP contribution >= 0.6 is 0 Å². The van der Waals surface area contributed by atoms with Gasteiger partial charge in [-0.1, -0.05) is 0 Å². The van der Waals surface area contributed by atoms with Gasteiger partial charge in [-0.05, 0) is 48.0 Å². The molecular weight excluding hydrogens is 347 g/mol. The molecule has 4 rings (SSSR count). The molecule has 0 saturated carbocycles. The zero-order valence-corrected chi connectivity index (χ0v) is 14.6. The third-order valence-electron chi connectivity index (χ3n) is 4.94. The summed E-state index contributed by atoms with van der Waals surface area (Å²) in [6, 6.07) is 12.0. The van der Waals surface area contributed by atoms with E-state index in [1.165, 1.54) is 12.1 Å². The highest BCUT2D eigenvalue weighted by Gasteiger charge is 2.29. The number of benzene rings is 2. The Kier molecular flexibility index (Phi) is 4.58. The first-order chi connectivity index (χ1) is 13.1. The summed E-state index contributed by atoms with van der Waals surface area (Å²) in [5, 5.41) is 2.74. The van der Waals surface area contributed by atoms with Crippen molar-refractivity contribution in [1.82, 2.24) is 4.90 Å². The SMILES string of the molecule is O=CN1CCN(c2ccc(N=CC3C(=O)Nc4ccc(F)cc43)cc2)CC1. The number of carbonyl (C=O) groups excluding carboxylic acids is 2. The monoisotopic (exact) mass is 366 g/mol. The summed E-state index contributed by atoms with van der Waals surface area (Å²) in [4.78, 5) is 31.3. The average Bonchev–Trinajstić information content (AvgIpc) is 3.01. The van der Waals surface area contributed by atoms with Gasteiger partial charge < -0.3 is 15.1 Å². The van der Waals surface area contributed by atoms with Gasteiger partial charge >= 0.3 is 0 Å². The average molecular weight is 366 g/mol. The van der Waals surface area contributed by atoms with E-state index < -0.39 is 5.92 Å². The van der Waals surface area contributed by atoms with Gasteiger partial charge in [-0.2, -0.15) is 0 Å². The highest BCUT2D eigenvalue weighted by molar-refractivity contribution is 6.12. The minimum absolute atomic E-state index is 0.205. The maximum atomic E-state index is 13.5. The van der Waals surface area contributed by atoms with Gasteiger partial charge in [0.15, 0.2) is 0 Å². The van der Waals surface area contributed by atoms with E-state index in [1.807, 2.05) is 24.3 Å². The van der Waals surface area contributed by atoms with Crippen molar-refractivity contribution in [3.63, 3.8) is 0 Å². The van der Waals surface area contributed by atoms with Crippen LogP contribution in [0.3, 0.4) is 0 Å². The van der Waals surface area contributed by atoms with Crippen molar-refractivity contribution in [1.29, 1.82) is 0 Å². The summed E-state index contributed by atoms with van der Waals surface area (Å²) in [5.41, 5.74) is 3.03. The second kappa shape index (κ2) is 7.19. The molecule has 7 heteroatoms. The lowest BCUT2D eigenvalue weighted by molar-refractivity contribution is -0.118. The van der Waals surface area contributed by atoms with E-state index >= 15 is 0 Å². The molecule has 138 valence electrons. The topological polar surface area (TPSA) is 65.0 Å². The fourth-order valence-electron chi connectivity index (χ4n) is 3.40. The van der Waals surface area contributed by atoms with Crippen LogP contribution in [-0.4, -0.2) is 49.6 Å². The molecule has 2 aliphatic heterocycles. The van der Waals surface area contributed by atoms with Crippen molar-refractivity contribution >= 4 is 35.6 Å². The number of fused-ring (bicyclic) bond motifs is 1. The molecule has 2 amide bonds. The predicted molar refractivity (Wildman–Crippen MR) is 102 cm³/mol. The van der Waals surface area contributed by atoms with E-state index in [0.29, 0.717) is 11.3 Å². The second-order valence-corrected chi connectivity index (χ2v) is 6.62. The molecule has 2 aromatic carbocycles. The lowest BCUT2D eigenvalue weighted by Crippen LogP contribution is -2.45. The smallest absolute Gasteiger partial charge is 0.237 e. The van der Waals surface area contributed by atoms with Crippen LogP contribution in [0.2, 0.25) is 0 Å². The Bertz CT molecular complexity index is 889. The number of aliphatic imine (C=N–C) groups is 1. The van der Waals surface area contributed by atoms with Crippen LogP contribution in [0.4, 0.5) is 21.5 Å². The van der Waals surface area contributed by atoms with Crippen LogP contribution in [0.25, 0.3) is 0 Å². The molecule has 2 aromatic rings. The van der Waals surface area contributed by atoms with Gasteiger partial charge in [-0.15, -0.1) is 0 Å². The number of piperazine rings is 1. The summed E-state index contributed by atoms with van der Waals surface area (Å²) < 4.78 is 13.5. The van der Waals surface area contributed by atoms with Crippen molar-refractivity contribution in [3.05, 3.63) is 53.8 Å². The Morgan fingerprint density at radius 2 is 1.81 bits per heavy atom. The van der Waals surface area contributed by atoms with Crippen LogP contribution in [0.1, 0.15) is 11.5 Å². The van der Waals surface area contributed by atoms with Crippen molar-refractivity contribution in [2.45, 2.75) is 5.92 Å². The largest absolute Gasteiger partial charge is 0.368 e. The quantitative estimate of drug-likeness (QED) is 0.668. The summed E-state index contributed by atoms with van der Waals surface area (Å²) in [6.45, 7) is 3.03. The molecule has 27 heavy (non-hydrogen) atoms. The lowest BCUT2D eigenvalue weighted by atomic mass is 10.0. The molecular formula is C20H19FN4O2. The molecule has 2 aliphatic rings. The van der Waals surface area contributed by atoms with Gasteiger partial charge in [0, 0.05) is 43.8 Å². The molecule has 1 fully saturated rings. The van der Waals surface area contributed by atoms with E-state index in [4.69, 9.17) is 0 Å². The number of amides is 2. The number of anilines is 2. The lowest BCUT2D eigenvalue weighted by Gasteiger charge is -2.34. The van der Waals surface area contributed by atoms with Crippen molar-refractivity contribution in [3.8, 4) is 0 Å². The first-order valence-electron chi connectivity index (χ1n) is 8.83. The third-order valence-corrected chi connectivity index (χ3v) is 4.94. The fraction of sp³-hybridized carbons (Fsp3) is 0.250. The zero-order valence-electron chi connectivity index (χ0n) is 14.6. The molecule has 0 bridgehead atoms. The standard InChI is InChI=1S/C20H19FN4O2/c21-14-1-6-19-17(11-14)18(20(27)23-19)12-22-15-2-4-16(5-3-15)25-9-7-24(13-26)8-10-25/h1-6,11-13,18H,7-10H2,(H,23,27). The number of rotatable bonds is 4. The Labute approximate surface area is 156 Å². The van der Waals surface area contributed by atoms with E-state index in [0.717, 1.165) is 44.0 Å². The number of nitrogens with zero attached hydrogens (tertiary/aromatic N) is 3. The number of hydrogen-bond acceptors (Lipinski definition) is 4. The Balaban J connectivity index is 1.45. The summed E-state index contributed by atoms with van der Waals surface area (Å²) in [7, 11) is 0. The van der Waals surface area contributed by atoms with E-state index in [9.17, 15) is 14.0 Å². The molecule has 1 N–H and O–H groups in total. The van der Waals surface area contributed by atoms with Gasteiger partial charge in [0.05, 0.1) is 5.69 Å². The van der Waals surface area contributed by atoms with Crippen LogP contribution < -0.4 is 10.2 Å². The van der Waals surface area contributed by atoms with Gasteiger partial charge in [0.1, 0.15) is 11.7 Å². The molecule has 2 heterocycles. The van der Waals surface area contributed by atoms with Crippen LogP contribution in [0.5, 0.6) is 0 Å². The van der Waals surface area contributed by atoms with Crippen molar-refractivity contribution < 1.29 is 14.0 Å². The highest BCUT2D eigenvalue weighted by Crippen LogP contribution is 2.32. The first kappa shape index (κ1) is 17.2. The molecule has 6 nitrogen and oxygen atoms in total. The van der Waals surface area contributed by atoms with Gasteiger partial charge in [0.2, 0.25) is 12.3 Å². The van der Waals surface area contributed by atoms with E-state index in [-0.39, 0.29) is 11.7 Å². The maximum absolute atomic E-state index is 13.5. The first-order valence-corrected chi connectivity index (χ1v) is 8.83. The zero-order chi connectivity index (χ0) is 18.8. The number of halogens is 1. The van der Waals surface area contributed by atoms with Crippen molar-refractivity contribution in [2.75, 3.05) is 36.4 Å². The summed E-state index contributed by atoms with van der Waals surface area (Å²) in [6.07, 6.45) is 2.44. The van der Waals surface area contributed by atoms with Crippen LogP contribution in [-0.2, 0) is 9.59 Å². The Morgan fingerprint density at radius 3 is 2.52 bits per heavy atom. The molecule has 0 spiro atoms. The normalized spacial score (nSPS) is 19.3. The van der Waals surface area contributed by atoms with Crippen LogP contribution in [0.15, 0.2) is 47.5 Å². The Morgan fingerprint density at radius 1 is 1.07 bits per heavy atom. The molecule has 1 unspecified atom stereocenters. The minimum Gasteiger partial charge on any atom is -0.368 e. The van der Waals surface area contributed by atoms with Crippen molar-refractivity contribution in [2.24, 2.45) is 4.99 Å². The highest BCUT2D eigenvalue weighted by atomic mass is 19.1. The molecule has 0 aromatic heterocycles. The van der Waals surface area contributed by atoms with Crippen LogP contribution in [0, 0.1) is 5.82 Å². The summed E-state index contributed by atoms with van der Waals surface area (Å²) in [5.74, 6) is -1.17. The molecule has 0 aliphatic carbocycles. The maximum Gasteiger partial charge on any atom is 0.237 e.